The summed E-state index contributed by atoms with van der Waals surface area (Å²) in [6.45, 7) is 3.75. The zero-order valence-corrected chi connectivity index (χ0v) is 15.7. The fraction of sp³-hybridized carbons (Fsp3) is 0.350. The average Bonchev–Trinajstić information content (AvgIpc) is 2.64. The van der Waals surface area contributed by atoms with Crippen LogP contribution in [0.5, 0.6) is 23.0 Å². The second-order valence-electron chi connectivity index (χ2n) is 5.76. The molecule has 2 aromatic carbocycles. The molecule has 6 nitrogen and oxygen atoms in total. The van der Waals surface area contributed by atoms with Crippen molar-refractivity contribution < 1.29 is 28.8 Å². The van der Waals surface area contributed by atoms with Gasteiger partial charge in [0.25, 0.3) is 0 Å². The number of ether oxygens (including phenoxy) is 4. The molecular weight excluding hydrogens is 336 g/mol. The van der Waals surface area contributed by atoms with Crippen LogP contribution in [0.3, 0.4) is 0 Å². The van der Waals surface area contributed by atoms with Gasteiger partial charge in [0.15, 0.2) is 11.5 Å². The highest BCUT2D eigenvalue weighted by atomic mass is 16.5. The van der Waals surface area contributed by atoms with Crippen molar-refractivity contribution in [1.29, 1.82) is 0 Å². The number of benzene rings is 2. The van der Waals surface area contributed by atoms with E-state index in [-0.39, 0.29) is 11.7 Å². The highest BCUT2D eigenvalue weighted by Crippen LogP contribution is 2.41. The molecule has 0 aliphatic rings. The van der Waals surface area contributed by atoms with Crippen LogP contribution in [-0.2, 0) is 0 Å². The largest absolute Gasteiger partial charge is 0.493 e. The maximum atomic E-state index is 11.2. The lowest BCUT2D eigenvalue weighted by atomic mass is 10.0. The minimum atomic E-state index is -0.953. The quantitative estimate of drug-likeness (QED) is 0.759. The summed E-state index contributed by atoms with van der Waals surface area (Å²) in [7, 11) is 4.69. The van der Waals surface area contributed by atoms with E-state index in [2.05, 4.69) is 0 Å². The van der Waals surface area contributed by atoms with Crippen LogP contribution in [0.4, 0.5) is 0 Å². The van der Waals surface area contributed by atoms with Gasteiger partial charge in [-0.1, -0.05) is 6.92 Å². The average molecular weight is 360 g/mol. The third-order valence-electron chi connectivity index (χ3n) is 4.14. The maximum absolute atomic E-state index is 11.2. The van der Waals surface area contributed by atoms with E-state index < -0.39 is 5.97 Å². The number of carboxylic acids is 1. The molecular formula is C20H24O6. The molecule has 0 heterocycles. The van der Waals surface area contributed by atoms with Gasteiger partial charge in [-0.2, -0.15) is 0 Å². The van der Waals surface area contributed by atoms with Crippen molar-refractivity contribution in [3.63, 3.8) is 0 Å². The summed E-state index contributed by atoms with van der Waals surface area (Å²) in [5, 5.41) is 9.15. The monoisotopic (exact) mass is 360 g/mol. The number of hydrogen-bond acceptors (Lipinski definition) is 5. The molecule has 1 unspecified atom stereocenters. The first-order chi connectivity index (χ1) is 12.4. The zero-order chi connectivity index (χ0) is 19.3. The highest BCUT2D eigenvalue weighted by Gasteiger charge is 2.19. The summed E-state index contributed by atoms with van der Waals surface area (Å²) >= 11 is 0. The molecule has 2 rings (SSSR count). The third-order valence-corrected chi connectivity index (χ3v) is 4.14. The molecule has 0 radical (unpaired) electrons. The van der Waals surface area contributed by atoms with E-state index >= 15 is 0 Å². The van der Waals surface area contributed by atoms with Crippen molar-refractivity contribution in [1.82, 2.24) is 0 Å². The van der Waals surface area contributed by atoms with Crippen molar-refractivity contribution in [2.45, 2.75) is 26.4 Å². The van der Waals surface area contributed by atoms with E-state index in [9.17, 15) is 4.79 Å². The minimum absolute atomic E-state index is 0.251. The Bertz CT molecular complexity index is 759. The maximum Gasteiger partial charge on any atom is 0.335 e. The molecule has 0 aliphatic heterocycles. The molecule has 0 aliphatic carbocycles. The molecule has 2 aromatic rings. The Morgan fingerprint density at radius 3 is 2.08 bits per heavy atom. The van der Waals surface area contributed by atoms with Crippen molar-refractivity contribution in [3.05, 3.63) is 47.0 Å². The Morgan fingerprint density at radius 2 is 1.65 bits per heavy atom. The number of methoxy groups -OCH3 is 3. The second-order valence-corrected chi connectivity index (χ2v) is 5.76. The molecule has 0 amide bonds. The summed E-state index contributed by atoms with van der Waals surface area (Å²) in [6, 6.07) is 8.65. The number of aryl methyl sites for hydroxylation is 1. The minimum Gasteiger partial charge on any atom is -0.493 e. The Labute approximate surface area is 153 Å². The standard InChI is InChI=1S/C20H24O6/c1-6-16(26-14-7-8-15(20(21)22)12(2)9-14)13-10-17(23-3)19(25-5)18(11-13)24-4/h7-11,16H,6H2,1-5H3,(H,21,22). The number of hydrogen-bond donors (Lipinski definition) is 1. The van der Waals surface area contributed by atoms with E-state index in [1.54, 1.807) is 46.5 Å². The fourth-order valence-electron chi connectivity index (χ4n) is 2.79. The number of carboxylic acid groups (broad SMARTS) is 1. The van der Waals surface area contributed by atoms with E-state index in [0.717, 1.165) is 5.56 Å². The molecule has 140 valence electrons. The van der Waals surface area contributed by atoms with E-state index in [4.69, 9.17) is 24.1 Å². The predicted octanol–water partition coefficient (Wildman–Crippen LogP) is 4.25. The third kappa shape index (κ3) is 4.02. The SMILES string of the molecule is CCC(Oc1ccc(C(=O)O)c(C)c1)c1cc(OC)c(OC)c(OC)c1. The van der Waals surface area contributed by atoms with Crippen LogP contribution in [0.1, 0.15) is 40.9 Å². The van der Waals surface area contributed by atoms with Crippen LogP contribution in [-0.4, -0.2) is 32.4 Å². The lowest BCUT2D eigenvalue weighted by Gasteiger charge is -2.21. The van der Waals surface area contributed by atoms with E-state index in [1.165, 1.54) is 0 Å². The van der Waals surface area contributed by atoms with Gasteiger partial charge in [0, 0.05) is 0 Å². The molecule has 0 aromatic heterocycles. The number of aromatic carboxylic acids is 1. The lowest BCUT2D eigenvalue weighted by molar-refractivity contribution is 0.0696. The topological polar surface area (TPSA) is 74.2 Å². The molecule has 0 saturated carbocycles. The lowest BCUT2D eigenvalue weighted by Crippen LogP contribution is -2.08. The van der Waals surface area contributed by atoms with Gasteiger partial charge in [-0.25, -0.2) is 4.79 Å². The van der Waals surface area contributed by atoms with E-state index in [1.807, 2.05) is 19.1 Å². The van der Waals surface area contributed by atoms with Crippen LogP contribution in [0.15, 0.2) is 30.3 Å². The van der Waals surface area contributed by atoms with Crippen molar-refractivity contribution in [3.8, 4) is 23.0 Å². The summed E-state index contributed by atoms with van der Waals surface area (Å²) < 4.78 is 22.2. The van der Waals surface area contributed by atoms with Gasteiger partial charge in [0.1, 0.15) is 11.9 Å². The number of rotatable bonds is 8. The Hall–Kier alpha value is -2.89. The summed E-state index contributed by atoms with van der Waals surface area (Å²) in [5.74, 6) is 1.29. The Morgan fingerprint density at radius 1 is 1.04 bits per heavy atom. The van der Waals surface area contributed by atoms with Gasteiger partial charge in [-0.15, -0.1) is 0 Å². The molecule has 0 spiro atoms. The van der Waals surface area contributed by atoms with Crippen LogP contribution >= 0.6 is 0 Å². The first kappa shape index (κ1) is 19.4. The summed E-state index contributed by atoms with van der Waals surface area (Å²) in [6.07, 6.45) is 0.456. The van der Waals surface area contributed by atoms with Crippen LogP contribution < -0.4 is 18.9 Å². The predicted molar refractivity (Wildman–Crippen MR) is 97.9 cm³/mol. The van der Waals surface area contributed by atoms with Crippen molar-refractivity contribution in [2.24, 2.45) is 0 Å². The van der Waals surface area contributed by atoms with Gasteiger partial charge < -0.3 is 24.1 Å². The smallest absolute Gasteiger partial charge is 0.335 e. The van der Waals surface area contributed by atoms with Gasteiger partial charge in [-0.3, -0.25) is 0 Å². The molecule has 1 N–H and O–H groups in total. The second kappa shape index (κ2) is 8.47. The molecule has 26 heavy (non-hydrogen) atoms. The van der Waals surface area contributed by atoms with Gasteiger partial charge in [0.2, 0.25) is 5.75 Å². The normalized spacial score (nSPS) is 11.6. The molecule has 1 atom stereocenters. The molecule has 0 saturated heterocycles. The van der Waals surface area contributed by atoms with Crippen molar-refractivity contribution in [2.75, 3.05) is 21.3 Å². The van der Waals surface area contributed by atoms with Crippen LogP contribution in [0, 0.1) is 6.92 Å². The van der Waals surface area contributed by atoms with Gasteiger partial charge in [-0.05, 0) is 54.8 Å². The van der Waals surface area contributed by atoms with Crippen LogP contribution in [0.2, 0.25) is 0 Å². The van der Waals surface area contributed by atoms with Crippen molar-refractivity contribution >= 4 is 5.97 Å². The zero-order valence-electron chi connectivity index (χ0n) is 15.7. The van der Waals surface area contributed by atoms with Gasteiger partial charge >= 0.3 is 5.97 Å². The molecule has 6 heteroatoms. The molecule has 0 bridgehead atoms. The first-order valence-electron chi connectivity index (χ1n) is 8.25. The summed E-state index contributed by atoms with van der Waals surface area (Å²) in [5.41, 5.74) is 1.79. The van der Waals surface area contributed by atoms with E-state index in [0.29, 0.717) is 35.0 Å². The Balaban J connectivity index is 2.37. The summed E-state index contributed by atoms with van der Waals surface area (Å²) in [4.78, 5) is 11.2. The first-order valence-corrected chi connectivity index (χ1v) is 8.25. The van der Waals surface area contributed by atoms with Gasteiger partial charge in [0.05, 0.1) is 26.9 Å². The van der Waals surface area contributed by atoms with Crippen LogP contribution in [0.25, 0.3) is 0 Å². The Kier molecular flexibility index (Phi) is 6.33. The number of carbonyl (C=O) groups is 1. The highest BCUT2D eigenvalue weighted by molar-refractivity contribution is 5.89. The molecule has 0 fully saturated rings. The fourth-order valence-corrected chi connectivity index (χ4v) is 2.79.